The third-order valence-electron chi connectivity index (χ3n) is 4.91. The molecule has 0 unspecified atom stereocenters. The number of amides is 2. The van der Waals surface area contributed by atoms with Gasteiger partial charge in [0.25, 0.3) is 0 Å². The molecule has 0 saturated carbocycles. The zero-order valence-electron chi connectivity index (χ0n) is 20.3. The summed E-state index contributed by atoms with van der Waals surface area (Å²) in [6, 6.07) is 11.8. The molecule has 0 aliphatic rings. The molecule has 0 aliphatic carbocycles. The Morgan fingerprint density at radius 2 is 1.78 bits per heavy atom. The summed E-state index contributed by atoms with van der Waals surface area (Å²) >= 11 is 12.4. The van der Waals surface area contributed by atoms with Crippen molar-refractivity contribution in [2.45, 2.75) is 13.3 Å². The molecule has 0 bridgehead atoms. The van der Waals surface area contributed by atoms with Gasteiger partial charge >= 0.3 is 0 Å². The third kappa shape index (κ3) is 7.22. The molecule has 0 spiro atoms. The molecule has 0 saturated heterocycles. The van der Waals surface area contributed by atoms with Crippen molar-refractivity contribution in [3.63, 3.8) is 0 Å². The highest BCUT2D eigenvalue weighted by Crippen LogP contribution is 2.36. The number of hydrogen-bond donors (Lipinski definition) is 2. The van der Waals surface area contributed by atoms with E-state index in [9.17, 15) is 9.59 Å². The van der Waals surface area contributed by atoms with E-state index in [1.807, 2.05) is 0 Å². The number of anilines is 1. The minimum Gasteiger partial charge on any atom is -0.493 e. The summed E-state index contributed by atoms with van der Waals surface area (Å²) in [6.45, 7) is 5.12. The standard InChI is InChI=1S/C26H24Cl2N4O5/c1-15(31-24(33)14-25(34)32-19-8-6-5-7-17(19)27)11-18(28)26(29-2)37-21-9-10-30-20-13-23(36-4)22(35-3)12-16(20)21/h5-13H,2,14H2,1,3-4H3,(H,31,33)(H,32,34)/b15-11+,26-18-. The molecule has 3 rings (SSSR count). The van der Waals surface area contributed by atoms with E-state index in [1.54, 1.807) is 55.6 Å². The number of para-hydroxylation sites is 1. The number of aromatic nitrogens is 1. The van der Waals surface area contributed by atoms with E-state index in [2.05, 4.69) is 27.3 Å². The molecule has 2 aromatic carbocycles. The average molecular weight is 543 g/mol. The van der Waals surface area contributed by atoms with Gasteiger partial charge in [-0.15, -0.1) is 0 Å². The summed E-state index contributed by atoms with van der Waals surface area (Å²) in [4.78, 5) is 32.7. The molecule has 2 amide bonds. The summed E-state index contributed by atoms with van der Waals surface area (Å²) < 4.78 is 16.6. The average Bonchev–Trinajstić information content (AvgIpc) is 2.87. The maximum absolute atomic E-state index is 12.3. The number of ether oxygens (including phenoxy) is 3. The maximum atomic E-state index is 12.3. The fourth-order valence-electron chi connectivity index (χ4n) is 3.25. The van der Waals surface area contributed by atoms with Crippen LogP contribution in [-0.2, 0) is 9.59 Å². The van der Waals surface area contributed by atoms with Gasteiger partial charge in [-0.3, -0.25) is 14.6 Å². The number of hydrogen-bond acceptors (Lipinski definition) is 7. The van der Waals surface area contributed by atoms with Crippen LogP contribution in [0.1, 0.15) is 13.3 Å². The second kappa shape index (κ2) is 12.8. The lowest BCUT2D eigenvalue weighted by molar-refractivity contribution is -0.126. The zero-order chi connectivity index (χ0) is 26.9. The van der Waals surface area contributed by atoms with Crippen LogP contribution in [0.2, 0.25) is 5.02 Å². The number of carbonyl (C=O) groups excluding carboxylic acids is 2. The summed E-state index contributed by atoms with van der Waals surface area (Å²) in [7, 11) is 3.06. The van der Waals surface area contributed by atoms with Crippen molar-refractivity contribution in [2.24, 2.45) is 4.99 Å². The predicted octanol–water partition coefficient (Wildman–Crippen LogP) is 5.44. The van der Waals surface area contributed by atoms with Gasteiger partial charge in [-0.05, 0) is 44.0 Å². The van der Waals surface area contributed by atoms with Crippen molar-refractivity contribution in [3.8, 4) is 17.2 Å². The quantitative estimate of drug-likeness (QED) is 0.153. The van der Waals surface area contributed by atoms with Crippen LogP contribution in [0.4, 0.5) is 5.69 Å². The number of pyridine rings is 1. The normalized spacial score (nSPS) is 11.9. The van der Waals surface area contributed by atoms with Crippen LogP contribution in [0.3, 0.4) is 0 Å². The number of rotatable bonds is 10. The zero-order valence-corrected chi connectivity index (χ0v) is 21.8. The van der Waals surface area contributed by atoms with Gasteiger partial charge in [-0.25, -0.2) is 4.99 Å². The Balaban J connectivity index is 1.73. The van der Waals surface area contributed by atoms with Gasteiger partial charge in [0.15, 0.2) is 11.5 Å². The number of allylic oxidation sites excluding steroid dienone is 3. The Morgan fingerprint density at radius 3 is 2.46 bits per heavy atom. The fraction of sp³-hybridized carbons (Fsp3) is 0.154. The van der Waals surface area contributed by atoms with Crippen molar-refractivity contribution < 1.29 is 23.8 Å². The second-order valence-corrected chi connectivity index (χ2v) is 8.34. The summed E-state index contributed by atoms with van der Waals surface area (Å²) in [5, 5.41) is 6.25. The van der Waals surface area contributed by atoms with Crippen LogP contribution < -0.4 is 24.8 Å². The van der Waals surface area contributed by atoms with Crippen LogP contribution in [0, 0.1) is 0 Å². The lowest BCUT2D eigenvalue weighted by atomic mass is 10.2. The van der Waals surface area contributed by atoms with Crippen LogP contribution in [0.5, 0.6) is 17.2 Å². The Morgan fingerprint density at radius 1 is 1.08 bits per heavy atom. The molecule has 0 fully saturated rings. The van der Waals surface area contributed by atoms with E-state index < -0.39 is 18.2 Å². The third-order valence-corrected chi connectivity index (χ3v) is 5.51. The number of aliphatic imine (C=N–C) groups is 1. The monoisotopic (exact) mass is 542 g/mol. The molecule has 2 N–H and O–H groups in total. The van der Waals surface area contributed by atoms with Crippen molar-refractivity contribution in [1.29, 1.82) is 0 Å². The maximum Gasteiger partial charge on any atom is 0.237 e. The smallest absolute Gasteiger partial charge is 0.237 e. The Hall–Kier alpha value is -4.08. The van der Waals surface area contributed by atoms with E-state index >= 15 is 0 Å². The van der Waals surface area contributed by atoms with Crippen molar-refractivity contribution in [1.82, 2.24) is 10.3 Å². The molecule has 11 heteroatoms. The molecular weight excluding hydrogens is 519 g/mol. The van der Waals surface area contributed by atoms with Crippen molar-refractivity contribution in [3.05, 3.63) is 76.4 Å². The van der Waals surface area contributed by atoms with Crippen LogP contribution in [0.25, 0.3) is 10.9 Å². The molecule has 0 radical (unpaired) electrons. The number of benzene rings is 2. The van der Waals surface area contributed by atoms with Crippen molar-refractivity contribution >= 4 is 58.3 Å². The number of fused-ring (bicyclic) bond motifs is 1. The Bertz CT molecular complexity index is 1400. The van der Waals surface area contributed by atoms with E-state index in [0.717, 1.165) is 0 Å². The molecule has 1 aromatic heterocycles. The number of halogens is 2. The topological polar surface area (TPSA) is 111 Å². The second-order valence-electron chi connectivity index (χ2n) is 7.53. The van der Waals surface area contributed by atoms with Gasteiger partial charge < -0.3 is 24.8 Å². The Labute approximate surface area is 223 Å². The highest BCUT2D eigenvalue weighted by atomic mass is 35.5. The minimum absolute atomic E-state index is 0.00554. The highest BCUT2D eigenvalue weighted by Gasteiger charge is 2.14. The highest BCUT2D eigenvalue weighted by molar-refractivity contribution is 6.33. The number of methoxy groups -OCH3 is 2. The summed E-state index contributed by atoms with van der Waals surface area (Å²) in [5.74, 6) is 0.344. The summed E-state index contributed by atoms with van der Waals surface area (Å²) in [5.41, 5.74) is 1.37. The first-order valence-electron chi connectivity index (χ1n) is 10.8. The largest absolute Gasteiger partial charge is 0.493 e. The van der Waals surface area contributed by atoms with Gasteiger partial charge in [0.1, 0.15) is 17.2 Å². The molecule has 9 nitrogen and oxygen atoms in total. The predicted molar refractivity (Wildman–Crippen MR) is 145 cm³/mol. The van der Waals surface area contributed by atoms with E-state index in [1.165, 1.54) is 20.3 Å². The van der Waals surface area contributed by atoms with Gasteiger partial charge in [0.05, 0.1) is 30.4 Å². The van der Waals surface area contributed by atoms with Gasteiger partial charge in [0.2, 0.25) is 17.7 Å². The van der Waals surface area contributed by atoms with Crippen LogP contribution in [0.15, 0.2) is 76.3 Å². The SMILES string of the molecule is C=N/C(Oc1ccnc2cc(OC)c(OC)cc12)=C(Cl)\C=C(/C)NC(=O)CC(=O)Nc1ccccc1Cl. The lowest BCUT2D eigenvalue weighted by Crippen LogP contribution is -2.27. The Kier molecular flexibility index (Phi) is 9.48. The molecule has 192 valence electrons. The van der Waals surface area contributed by atoms with E-state index in [0.29, 0.717) is 44.6 Å². The number of nitrogens with zero attached hydrogens (tertiary/aromatic N) is 2. The molecule has 3 aromatic rings. The number of carbonyl (C=O) groups is 2. The minimum atomic E-state index is -0.544. The van der Waals surface area contributed by atoms with Gasteiger partial charge in [-0.1, -0.05) is 35.3 Å². The first kappa shape index (κ1) is 27.5. The van der Waals surface area contributed by atoms with Crippen LogP contribution in [-0.4, -0.2) is 37.7 Å². The van der Waals surface area contributed by atoms with E-state index in [4.69, 9.17) is 37.4 Å². The van der Waals surface area contributed by atoms with Gasteiger partial charge in [-0.2, -0.15) is 0 Å². The fourth-order valence-corrected chi connectivity index (χ4v) is 3.70. The molecule has 37 heavy (non-hydrogen) atoms. The summed E-state index contributed by atoms with van der Waals surface area (Å²) in [6.07, 6.45) is 2.57. The van der Waals surface area contributed by atoms with Crippen molar-refractivity contribution in [2.75, 3.05) is 19.5 Å². The molecule has 0 atom stereocenters. The van der Waals surface area contributed by atoms with Crippen LogP contribution >= 0.6 is 23.2 Å². The molecule has 1 heterocycles. The first-order valence-corrected chi connectivity index (χ1v) is 11.6. The number of nitrogens with one attached hydrogen (secondary N) is 2. The molecule has 0 aliphatic heterocycles. The van der Waals surface area contributed by atoms with E-state index in [-0.39, 0.29) is 10.9 Å². The lowest BCUT2D eigenvalue weighted by Gasteiger charge is -2.13. The van der Waals surface area contributed by atoms with Gasteiger partial charge in [0, 0.05) is 23.3 Å². The first-order chi connectivity index (χ1) is 17.7. The molecular formula is C26H24Cl2N4O5.